The Labute approximate surface area is 103 Å². The van der Waals surface area contributed by atoms with Crippen molar-refractivity contribution < 1.29 is 4.39 Å². The molecule has 0 aromatic heterocycles. The molecule has 0 unspecified atom stereocenters. The molecular weight excluding hydrogens is 215 g/mol. The molecule has 1 aliphatic rings. The van der Waals surface area contributed by atoms with Crippen LogP contribution >= 0.6 is 0 Å². The van der Waals surface area contributed by atoms with Crippen LogP contribution in [-0.2, 0) is 0 Å². The summed E-state index contributed by atoms with van der Waals surface area (Å²) in [6.45, 7) is 7.13. The third-order valence-corrected chi connectivity index (χ3v) is 3.69. The topological polar surface area (TPSA) is 29.3 Å². The van der Waals surface area contributed by atoms with E-state index in [1.54, 1.807) is 6.07 Å². The Bertz CT molecular complexity index is 413. The van der Waals surface area contributed by atoms with Gasteiger partial charge in [0.1, 0.15) is 5.82 Å². The highest BCUT2D eigenvalue weighted by Gasteiger charge is 2.33. The van der Waals surface area contributed by atoms with Crippen molar-refractivity contribution in [3.63, 3.8) is 0 Å². The van der Waals surface area contributed by atoms with Gasteiger partial charge in [0.2, 0.25) is 0 Å². The second-order valence-corrected chi connectivity index (χ2v) is 5.57. The molecule has 1 atom stereocenters. The lowest BCUT2D eigenvalue weighted by atomic mass is 10.0. The Kier molecular flexibility index (Phi) is 3.13. The van der Waals surface area contributed by atoms with Gasteiger partial charge in [-0.15, -0.1) is 0 Å². The lowest BCUT2D eigenvalue weighted by Crippen LogP contribution is -2.38. The van der Waals surface area contributed by atoms with Gasteiger partial charge in [-0.2, -0.15) is 0 Å². The average molecular weight is 236 g/mol. The lowest BCUT2D eigenvalue weighted by Gasteiger charge is -2.34. The van der Waals surface area contributed by atoms with Crippen LogP contribution in [0.25, 0.3) is 0 Å². The Morgan fingerprint density at radius 2 is 2.12 bits per heavy atom. The van der Waals surface area contributed by atoms with Gasteiger partial charge in [0.25, 0.3) is 0 Å². The van der Waals surface area contributed by atoms with E-state index in [1.807, 2.05) is 19.1 Å². The van der Waals surface area contributed by atoms with Gasteiger partial charge in [-0.05, 0) is 51.3 Å². The number of hydrogen-bond donors (Lipinski definition) is 1. The molecule has 0 radical (unpaired) electrons. The second kappa shape index (κ2) is 4.30. The van der Waals surface area contributed by atoms with E-state index in [2.05, 4.69) is 18.7 Å². The molecule has 0 saturated carbocycles. The fourth-order valence-electron chi connectivity index (χ4n) is 2.58. The first-order chi connectivity index (χ1) is 7.92. The molecule has 2 nitrogen and oxygen atoms in total. The van der Waals surface area contributed by atoms with Crippen LogP contribution in [0.5, 0.6) is 0 Å². The summed E-state index contributed by atoms with van der Waals surface area (Å²) in [6.07, 6.45) is 2.24. The fraction of sp³-hybridized carbons (Fsp3) is 0.571. The molecule has 0 spiro atoms. The third kappa shape index (κ3) is 2.29. The summed E-state index contributed by atoms with van der Waals surface area (Å²) in [6, 6.07) is 5.23. The van der Waals surface area contributed by atoms with Gasteiger partial charge >= 0.3 is 0 Å². The minimum atomic E-state index is -0.158. The van der Waals surface area contributed by atoms with Crippen LogP contribution in [0, 0.1) is 5.82 Å². The Morgan fingerprint density at radius 1 is 1.41 bits per heavy atom. The SMILES string of the molecule is C[C@@H](N)c1ccc(N2CCCC2(C)C)c(F)c1. The number of benzene rings is 1. The molecule has 1 heterocycles. The van der Waals surface area contributed by atoms with Crippen LogP contribution in [-0.4, -0.2) is 12.1 Å². The number of hydrogen-bond acceptors (Lipinski definition) is 2. The normalized spacial score (nSPS) is 20.6. The van der Waals surface area contributed by atoms with Crippen LogP contribution in [0.15, 0.2) is 18.2 Å². The molecule has 1 aromatic rings. The maximum absolute atomic E-state index is 14.1. The second-order valence-electron chi connectivity index (χ2n) is 5.57. The van der Waals surface area contributed by atoms with Gasteiger partial charge in [0.05, 0.1) is 5.69 Å². The fourth-order valence-corrected chi connectivity index (χ4v) is 2.58. The zero-order chi connectivity index (χ0) is 12.6. The van der Waals surface area contributed by atoms with E-state index in [1.165, 1.54) is 0 Å². The van der Waals surface area contributed by atoms with Crippen LogP contribution in [0.1, 0.15) is 45.2 Å². The van der Waals surface area contributed by atoms with Gasteiger partial charge in [0.15, 0.2) is 0 Å². The first-order valence-electron chi connectivity index (χ1n) is 6.24. The third-order valence-electron chi connectivity index (χ3n) is 3.69. The zero-order valence-electron chi connectivity index (χ0n) is 10.8. The van der Waals surface area contributed by atoms with E-state index in [0.717, 1.165) is 24.9 Å². The minimum absolute atomic E-state index is 0.0523. The van der Waals surface area contributed by atoms with E-state index in [-0.39, 0.29) is 17.4 Å². The molecule has 0 aliphatic carbocycles. The molecule has 3 heteroatoms. The van der Waals surface area contributed by atoms with Gasteiger partial charge in [0, 0.05) is 18.1 Å². The van der Waals surface area contributed by atoms with Crippen LogP contribution in [0.2, 0.25) is 0 Å². The lowest BCUT2D eigenvalue weighted by molar-refractivity contribution is 0.506. The molecule has 2 N–H and O–H groups in total. The van der Waals surface area contributed by atoms with E-state index in [4.69, 9.17) is 5.73 Å². The summed E-state index contributed by atoms with van der Waals surface area (Å²) in [7, 11) is 0. The summed E-state index contributed by atoms with van der Waals surface area (Å²) < 4.78 is 14.1. The van der Waals surface area contributed by atoms with Crippen molar-refractivity contribution in [2.24, 2.45) is 5.73 Å². The maximum Gasteiger partial charge on any atom is 0.146 e. The van der Waals surface area contributed by atoms with Gasteiger partial charge in [-0.25, -0.2) is 4.39 Å². The van der Waals surface area contributed by atoms with Crippen molar-refractivity contribution in [3.8, 4) is 0 Å². The quantitative estimate of drug-likeness (QED) is 0.854. The number of rotatable bonds is 2. The first-order valence-corrected chi connectivity index (χ1v) is 6.24. The van der Waals surface area contributed by atoms with Crippen LogP contribution in [0.4, 0.5) is 10.1 Å². The molecule has 2 rings (SSSR count). The summed E-state index contributed by atoms with van der Waals surface area (Å²) in [5, 5.41) is 0. The monoisotopic (exact) mass is 236 g/mol. The number of anilines is 1. The highest BCUT2D eigenvalue weighted by Crippen LogP contribution is 2.35. The van der Waals surface area contributed by atoms with Gasteiger partial charge in [-0.3, -0.25) is 0 Å². The Hall–Kier alpha value is -1.09. The molecule has 1 saturated heterocycles. The zero-order valence-corrected chi connectivity index (χ0v) is 10.8. The van der Waals surface area contributed by atoms with E-state index in [9.17, 15) is 4.39 Å². The molecule has 1 aliphatic heterocycles. The smallest absolute Gasteiger partial charge is 0.146 e. The van der Waals surface area contributed by atoms with Crippen molar-refractivity contribution in [3.05, 3.63) is 29.6 Å². The molecular formula is C14H21FN2. The summed E-state index contributed by atoms with van der Waals surface area (Å²) >= 11 is 0. The molecule has 94 valence electrons. The first kappa shape index (κ1) is 12.4. The number of halogens is 1. The van der Waals surface area contributed by atoms with Crippen molar-refractivity contribution in [1.29, 1.82) is 0 Å². The molecule has 17 heavy (non-hydrogen) atoms. The minimum Gasteiger partial charge on any atom is -0.364 e. The summed E-state index contributed by atoms with van der Waals surface area (Å²) in [5.74, 6) is -0.158. The number of nitrogens with two attached hydrogens (primary N) is 1. The highest BCUT2D eigenvalue weighted by molar-refractivity contribution is 5.52. The molecule has 1 fully saturated rings. The van der Waals surface area contributed by atoms with E-state index >= 15 is 0 Å². The summed E-state index contributed by atoms with van der Waals surface area (Å²) in [4.78, 5) is 2.16. The Morgan fingerprint density at radius 3 is 2.59 bits per heavy atom. The standard InChI is InChI=1S/C14H21FN2/c1-10(16)11-5-6-13(12(15)9-11)17-8-4-7-14(17,2)3/h5-6,9-10H,4,7-8,16H2,1-3H3/t10-/m1/s1. The predicted molar refractivity (Wildman–Crippen MR) is 69.7 cm³/mol. The summed E-state index contributed by atoms with van der Waals surface area (Å²) in [5.41, 5.74) is 7.37. The van der Waals surface area contributed by atoms with Crippen molar-refractivity contribution in [2.45, 2.75) is 45.2 Å². The molecule has 1 aromatic carbocycles. The highest BCUT2D eigenvalue weighted by atomic mass is 19.1. The number of nitrogens with zero attached hydrogens (tertiary/aromatic N) is 1. The van der Waals surface area contributed by atoms with Crippen molar-refractivity contribution >= 4 is 5.69 Å². The van der Waals surface area contributed by atoms with Crippen molar-refractivity contribution in [1.82, 2.24) is 0 Å². The average Bonchev–Trinajstić information content (AvgIpc) is 2.58. The van der Waals surface area contributed by atoms with Crippen LogP contribution in [0.3, 0.4) is 0 Å². The van der Waals surface area contributed by atoms with Gasteiger partial charge in [-0.1, -0.05) is 6.07 Å². The van der Waals surface area contributed by atoms with Gasteiger partial charge < -0.3 is 10.6 Å². The van der Waals surface area contributed by atoms with E-state index < -0.39 is 0 Å². The van der Waals surface area contributed by atoms with E-state index in [0.29, 0.717) is 5.69 Å². The molecule has 0 amide bonds. The van der Waals surface area contributed by atoms with Crippen molar-refractivity contribution in [2.75, 3.05) is 11.4 Å². The van der Waals surface area contributed by atoms with Crippen LogP contribution < -0.4 is 10.6 Å². The Balaban J connectivity index is 2.34. The molecule has 0 bridgehead atoms. The predicted octanol–water partition coefficient (Wildman–Crippen LogP) is 3.22. The largest absolute Gasteiger partial charge is 0.364 e. The maximum atomic E-state index is 14.1.